The van der Waals surface area contributed by atoms with Crippen LogP contribution in [0, 0.1) is 6.92 Å². The van der Waals surface area contributed by atoms with Gasteiger partial charge in [-0.3, -0.25) is 0 Å². The van der Waals surface area contributed by atoms with Gasteiger partial charge in [0.05, 0.1) is 0 Å². The zero-order valence-electron chi connectivity index (χ0n) is 10.0. The van der Waals surface area contributed by atoms with E-state index in [1.807, 2.05) is 0 Å². The molecule has 0 spiro atoms. The van der Waals surface area contributed by atoms with E-state index >= 15 is 0 Å². The third kappa shape index (κ3) is 3.15. The number of halogens is 3. The zero-order valence-corrected chi connectivity index (χ0v) is 10.0. The predicted molar refractivity (Wildman–Crippen MR) is 65.5 cm³/mol. The van der Waals surface area contributed by atoms with Gasteiger partial charge in [-0.05, 0) is 24.6 Å². The Hall–Kier alpha value is -2.24. The van der Waals surface area contributed by atoms with E-state index in [0.29, 0.717) is 5.56 Å². The number of hydrogen-bond donors (Lipinski definition) is 1. The maximum absolute atomic E-state index is 12.3. The van der Waals surface area contributed by atoms with Crippen LogP contribution >= 0.6 is 0 Å². The Balaban J connectivity index is 2.53. The molecule has 0 saturated heterocycles. The molecule has 0 aliphatic carbocycles. The molecule has 0 bridgehead atoms. The summed E-state index contributed by atoms with van der Waals surface area (Å²) in [7, 11) is 0. The molecule has 19 heavy (non-hydrogen) atoms. The number of ether oxygens (including phenoxy) is 1. The average Bonchev–Trinajstić information content (AvgIpc) is 2.31. The summed E-state index contributed by atoms with van der Waals surface area (Å²) < 4.78 is 41.0. The van der Waals surface area contributed by atoms with Crippen LogP contribution in [0.15, 0.2) is 36.5 Å². The lowest BCUT2D eigenvalue weighted by molar-refractivity contribution is -0.274. The van der Waals surface area contributed by atoms with Crippen molar-refractivity contribution in [2.45, 2.75) is 13.3 Å². The second kappa shape index (κ2) is 4.79. The largest absolute Gasteiger partial charge is 0.573 e. The van der Waals surface area contributed by atoms with E-state index in [1.165, 1.54) is 18.2 Å². The fourth-order valence-corrected chi connectivity index (χ4v) is 1.70. The molecule has 0 unspecified atom stereocenters. The Morgan fingerprint density at radius 2 is 1.84 bits per heavy atom. The lowest BCUT2D eigenvalue weighted by atomic mass is 10.0. The summed E-state index contributed by atoms with van der Waals surface area (Å²) in [6, 6.07) is 7.49. The highest BCUT2D eigenvalue weighted by Crippen LogP contribution is 2.35. The molecule has 0 radical (unpaired) electrons. The van der Waals surface area contributed by atoms with Gasteiger partial charge in [-0.15, -0.1) is 13.2 Å². The van der Waals surface area contributed by atoms with Gasteiger partial charge in [-0.25, -0.2) is 4.98 Å². The van der Waals surface area contributed by atoms with E-state index in [0.717, 1.165) is 5.56 Å². The van der Waals surface area contributed by atoms with Gasteiger partial charge in [0.15, 0.2) is 0 Å². The summed E-state index contributed by atoms with van der Waals surface area (Å²) in [5, 5.41) is 0. The quantitative estimate of drug-likeness (QED) is 0.906. The van der Waals surface area contributed by atoms with E-state index in [4.69, 9.17) is 5.73 Å². The molecule has 6 heteroatoms. The van der Waals surface area contributed by atoms with Crippen molar-refractivity contribution in [3.63, 3.8) is 0 Å². The van der Waals surface area contributed by atoms with Crippen molar-refractivity contribution in [3.05, 3.63) is 42.1 Å². The van der Waals surface area contributed by atoms with Crippen molar-refractivity contribution < 1.29 is 17.9 Å². The number of benzene rings is 1. The van der Waals surface area contributed by atoms with Gasteiger partial charge in [0.25, 0.3) is 0 Å². The minimum atomic E-state index is -4.75. The number of nitrogen functional groups attached to an aromatic ring is 1. The SMILES string of the molecule is Cc1cnc(N)c(-c2ccccc2OC(F)(F)F)c1. The first-order chi connectivity index (χ1) is 8.87. The van der Waals surface area contributed by atoms with Crippen LogP contribution in [0.2, 0.25) is 0 Å². The van der Waals surface area contributed by atoms with Crippen LogP contribution in [0.5, 0.6) is 5.75 Å². The van der Waals surface area contributed by atoms with Crippen LogP contribution in [-0.4, -0.2) is 11.3 Å². The highest BCUT2D eigenvalue weighted by atomic mass is 19.4. The molecule has 2 rings (SSSR count). The molecule has 0 amide bonds. The topological polar surface area (TPSA) is 48.1 Å². The van der Waals surface area contributed by atoms with Crippen molar-refractivity contribution in [1.82, 2.24) is 4.98 Å². The average molecular weight is 268 g/mol. The number of para-hydroxylation sites is 1. The lowest BCUT2D eigenvalue weighted by Gasteiger charge is -2.14. The summed E-state index contributed by atoms with van der Waals surface area (Å²) in [6.45, 7) is 1.78. The van der Waals surface area contributed by atoms with Crippen LogP contribution in [-0.2, 0) is 0 Å². The number of aromatic nitrogens is 1. The highest BCUT2D eigenvalue weighted by molar-refractivity contribution is 5.78. The molecule has 100 valence electrons. The smallest absolute Gasteiger partial charge is 0.405 e. The number of hydrogen-bond acceptors (Lipinski definition) is 3. The fraction of sp³-hybridized carbons (Fsp3) is 0.154. The van der Waals surface area contributed by atoms with Crippen molar-refractivity contribution in [2.75, 3.05) is 5.73 Å². The van der Waals surface area contributed by atoms with E-state index < -0.39 is 6.36 Å². The number of pyridine rings is 1. The fourth-order valence-electron chi connectivity index (χ4n) is 1.70. The van der Waals surface area contributed by atoms with Gasteiger partial charge >= 0.3 is 6.36 Å². The van der Waals surface area contributed by atoms with E-state index in [-0.39, 0.29) is 17.1 Å². The molecule has 1 heterocycles. The molecule has 1 aromatic heterocycles. The van der Waals surface area contributed by atoms with E-state index in [2.05, 4.69) is 9.72 Å². The van der Waals surface area contributed by atoms with Crippen LogP contribution in [0.25, 0.3) is 11.1 Å². The second-order valence-electron chi connectivity index (χ2n) is 3.99. The minimum absolute atomic E-state index is 0.156. The predicted octanol–water partition coefficient (Wildman–Crippen LogP) is 3.54. The Morgan fingerprint density at radius 1 is 1.16 bits per heavy atom. The normalized spacial score (nSPS) is 11.4. The third-order valence-electron chi connectivity index (χ3n) is 2.46. The molecule has 2 aromatic rings. The lowest BCUT2D eigenvalue weighted by Crippen LogP contribution is -2.17. The molecular formula is C13H11F3N2O. The van der Waals surface area contributed by atoms with E-state index in [1.54, 1.807) is 25.3 Å². The zero-order chi connectivity index (χ0) is 14.0. The van der Waals surface area contributed by atoms with Crippen molar-refractivity contribution in [1.29, 1.82) is 0 Å². The number of nitrogens with two attached hydrogens (primary N) is 1. The molecule has 0 saturated carbocycles. The summed E-state index contributed by atoms with van der Waals surface area (Å²) >= 11 is 0. The van der Waals surface area contributed by atoms with Gasteiger partial charge in [-0.1, -0.05) is 18.2 Å². The Kier molecular flexibility index (Phi) is 3.33. The van der Waals surface area contributed by atoms with Gasteiger partial charge in [0.2, 0.25) is 0 Å². The van der Waals surface area contributed by atoms with Crippen molar-refractivity contribution in [3.8, 4) is 16.9 Å². The summed E-state index contributed by atoms with van der Waals surface area (Å²) in [4.78, 5) is 3.93. The van der Waals surface area contributed by atoms with Crippen molar-refractivity contribution in [2.24, 2.45) is 0 Å². The Morgan fingerprint density at radius 3 is 2.53 bits per heavy atom. The summed E-state index contributed by atoms with van der Waals surface area (Å²) in [6.07, 6.45) is -3.20. The first-order valence-corrected chi connectivity index (χ1v) is 5.44. The maximum atomic E-state index is 12.3. The molecule has 0 aliphatic rings. The van der Waals surface area contributed by atoms with Crippen molar-refractivity contribution >= 4 is 5.82 Å². The monoisotopic (exact) mass is 268 g/mol. The van der Waals surface area contributed by atoms with Gasteiger partial charge in [0.1, 0.15) is 11.6 Å². The molecule has 0 fully saturated rings. The Bertz CT molecular complexity index is 597. The van der Waals surface area contributed by atoms with Crippen LogP contribution in [0.3, 0.4) is 0 Å². The van der Waals surface area contributed by atoms with Gasteiger partial charge in [0, 0.05) is 17.3 Å². The summed E-state index contributed by atoms with van der Waals surface area (Å²) in [5.74, 6) is -0.141. The molecule has 0 atom stereocenters. The van der Waals surface area contributed by atoms with E-state index in [9.17, 15) is 13.2 Å². The standard InChI is InChI=1S/C13H11F3N2O/c1-8-6-10(12(17)18-7-8)9-4-2-3-5-11(9)19-13(14,15)16/h2-7H,1H3,(H2,17,18). The van der Waals surface area contributed by atoms with Gasteiger partial charge in [-0.2, -0.15) is 0 Å². The number of anilines is 1. The van der Waals surface area contributed by atoms with Crippen LogP contribution in [0.1, 0.15) is 5.56 Å². The van der Waals surface area contributed by atoms with Crippen LogP contribution < -0.4 is 10.5 Å². The maximum Gasteiger partial charge on any atom is 0.573 e. The second-order valence-corrected chi connectivity index (χ2v) is 3.99. The van der Waals surface area contributed by atoms with Crippen LogP contribution in [0.4, 0.5) is 19.0 Å². The molecular weight excluding hydrogens is 257 g/mol. The number of aryl methyl sites for hydroxylation is 1. The molecule has 2 N–H and O–H groups in total. The molecule has 1 aromatic carbocycles. The highest BCUT2D eigenvalue weighted by Gasteiger charge is 2.32. The number of rotatable bonds is 2. The first kappa shape index (κ1) is 13.2. The number of nitrogens with zero attached hydrogens (tertiary/aromatic N) is 1. The first-order valence-electron chi connectivity index (χ1n) is 5.44. The van der Waals surface area contributed by atoms with Gasteiger partial charge < -0.3 is 10.5 Å². The molecule has 0 aliphatic heterocycles. The molecule has 3 nitrogen and oxygen atoms in total. The summed E-state index contributed by atoms with van der Waals surface area (Å²) in [5.41, 5.74) is 7.18. The number of alkyl halides is 3. The third-order valence-corrected chi connectivity index (χ3v) is 2.46. The minimum Gasteiger partial charge on any atom is -0.405 e. The Labute approximate surface area is 107 Å².